The van der Waals surface area contributed by atoms with Crippen molar-refractivity contribution < 1.29 is 4.92 Å². The maximum Gasteiger partial charge on any atom is 0.272 e. The van der Waals surface area contributed by atoms with Gasteiger partial charge in [-0.25, -0.2) is 0 Å². The third-order valence-corrected chi connectivity index (χ3v) is 1.64. The van der Waals surface area contributed by atoms with Crippen molar-refractivity contribution in [1.82, 2.24) is 0 Å². The Morgan fingerprint density at radius 3 is 2.77 bits per heavy atom. The second-order valence-electron chi connectivity index (χ2n) is 2.58. The minimum absolute atomic E-state index is 0.106. The predicted octanol–water partition coefficient (Wildman–Crippen LogP) is 1.20. The Labute approximate surface area is 75.0 Å². The van der Waals surface area contributed by atoms with Crippen LogP contribution in [0.25, 0.3) is 0 Å². The fourth-order valence-electron chi connectivity index (χ4n) is 1.05. The van der Waals surface area contributed by atoms with Gasteiger partial charge in [0.1, 0.15) is 0 Å². The number of rotatable bonds is 2. The van der Waals surface area contributed by atoms with Crippen molar-refractivity contribution in [3.63, 3.8) is 0 Å². The highest BCUT2D eigenvalue weighted by atomic mass is 16.6. The van der Waals surface area contributed by atoms with E-state index in [9.17, 15) is 10.1 Å². The van der Waals surface area contributed by atoms with E-state index in [4.69, 9.17) is 5.84 Å². The summed E-state index contributed by atoms with van der Waals surface area (Å²) >= 11 is 0. The van der Waals surface area contributed by atoms with Crippen molar-refractivity contribution in [3.8, 4) is 0 Å². The van der Waals surface area contributed by atoms with Gasteiger partial charge in [0.2, 0.25) is 0 Å². The summed E-state index contributed by atoms with van der Waals surface area (Å²) in [5, 5.41) is 13.8. The first-order chi connectivity index (χ1) is 6.15. The van der Waals surface area contributed by atoms with Gasteiger partial charge >= 0.3 is 0 Å². The van der Waals surface area contributed by atoms with Gasteiger partial charge in [0.15, 0.2) is 0 Å². The van der Waals surface area contributed by atoms with Gasteiger partial charge < -0.3 is 5.84 Å². The summed E-state index contributed by atoms with van der Waals surface area (Å²) in [6.45, 7) is 1.67. The Balaban J connectivity index is 3.12. The average Bonchev–Trinajstić information content (AvgIpc) is 2.04. The van der Waals surface area contributed by atoms with Crippen molar-refractivity contribution in [2.24, 2.45) is 10.9 Å². The zero-order valence-electron chi connectivity index (χ0n) is 7.10. The summed E-state index contributed by atoms with van der Waals surface area (Å²) < 4.78 is 0. The summed E-state index contributed by atoms with van der Waals surface area (Å²) in [5.74, 6) is 4.94. The minimum atomic E-state index is -0.418. The third kappa shape index (κ3) is 2.02. The van der Waals surface area contributed by atoms with Gasteiger partial charge in [0.25, 0.3) is 5.69 Å². The molecule has 0 aliphatic carbocycles. The summed E-state index contributed by atoms with van der Waals surface area (Å²) in [7, 11) is 0. The molecule has 0 aliphatic rings. The first-order valence-corrected chi connectivity index (χ1v) is 3.63. The molecule has 1 aromatic carbocycles. The number of hydrazone groups is 1. The smallest absolute Gasteiger partial charge is 0.272 e. The number of nitro benzene ring substituents is 1. The lowest BCUT2D eigenvalue weighted by atomic mass is 10.1. The van der Waals surface area contributed by atoms with Crippen molar-refractivity contribution in [2.75, 3.05) is 0 Å². The molecule has 0 bridgehead atoms. The van der Waals surface area contributed by atoms with Gasteiger partial charge in [0.05, 0.1) is 11.1 Å². The molecule has 0 saturated heterocycles. The second-order valence-corrected chi connectivity index (χ2v) is 2.58. The molecule has 2 N–H and O–H groups in total. The highest BCUT2D eigenvalue weighted by molar-refractivity contribution is 5.80. The molecule has 0 heterocycles. The Morgan fingerprint density at radius 2 is 2.31 bits per heavy atom. The van der Waals surface area contributed by atoms with Crippen molar-refractivity contribution in [1.29, 1.82) is 0 Å². The number of nitrogens with zero attached hydrogens (tertiary/aromatic N) is 2. The van der Waals surface area contributed by atoms with Crippen LogP contribution in [-0.2, 0) is 0 Å². The quantitative estimate of drug-likeness (QED) is 0.320. The van der Waals surface area contributed by atoms with Crippen LogP contribution in [0.4, 0.5) is 5.69 Å². The van der Waals surface area contributed by atoms with E-state index in [1.807, 2.05) is 0 Å². The molecule has 13 heavy (non-hydrogen) atoms. The number of nitrogens with two attached hydrogens (primary N) is 1. The fraction of sp³-hybridized carbons (Fsp3) is 0.125. The van der Waals surface area contributed by atoms with Gasteiger partial charge in [-0.3, -0.25) is 10.1 Å². The number of nitro groups is 1. The van der Waals surface area contributed by atoms with Crippen LogP contribution < -0.4 is 5.84 Å². The Morgan fingerprint density at radius 1 is 1.62 bits per heavy atom. The predicted molar refractivity (Wildman–Crippen MR) is 49.6 cm³/mol. The third-order valence-electron chi connectivity index (χ3n) is 1.64. The molecule has 0 radical (unpaired) electrons. The number of hydrogen-bond acceptors (Lipinski definition) is 4. The zero-order valence-corrected chi connectivity index (χ0v) is 7.10. The van der Waals surface area contributed by atoms with E-state index >= 15 is 0 Å². The van der Waals surface area contributed by atoms with Crippen LogP contribution in [0.2, 0.25) is 0 Å². The molecule has 0 unspecified atom stereocenters. The molecule has 0 aliphatic heterocycles. The van der Waals surface area contributed by atoms with Crippen LogP contribution in [0.1, 0.15) is 11.1 Å². The molecule has 5 nitrogen and oxygen atoms in total. The first-order valence-electron chi connectivity index (χ1n) is 3.63. The average molecular weight is 179 g/mol. The topological polar surface area (TPSA) is 81.5 Å². The summed E-state index contributed by atoms with van der Waals surface area (Å²) in [5.41, 5.74) is 1.46. The molecule has 0 fully saturated rings. The maximum absolute atomic E-state index is 10.4. The summed E-state index contributed by atoms with van der Waals surface area (Å²) in [6.07, 6.45) is 1.44. The van der Waals surface area contributed by atoms with E-state index in [-0.39, 0.29) is 5.69 Å². The highest BCUT2D eigenvalue weighted by Crippen LogP contribution is 2.17. The first kappa shape index (κ1) is 9.18. The Kier molecular flexibility index (Phi) is 2.59. The van der Waals surface area contributed by atoms with Crippen molar-refractivity contribution >= 4 is 11.9 Å². The van der Waals surface area contributed by atoms with Crippen molar-refractivity contribution in [3.05, 3.63) is 39.4 Å². The maximum atomic E-state index is 10.4. The molecule has 1 aromatic rings. The normalized spacial score (nSPS) is 10.5. The number of benzene rings is 1. The van der Waals surface area contributed by atoms with Gasteiger partial charge in [0, 0.05) is 11.6 Å². The molecule has 68 valence electrons. The van der Waals surface area contributed by atoms with Crippen LogP contribution in [0.5, 0.6) is 0 Å². The van der Waals surface area contributed by atoms with Gasteiger partial charge in [-0.15, -0.1) is 0 Å². The Bertz CT molecular complexity index is 360. The standard InChI is InChI=1S/C8H9N3O2/c1-6-4-7(5-10-9)2-3-8(6)11(12)13/h2-5H,9H2,1H3. The van der Waals surface area contributed by atoms with E-state index in [2.05, 4.69) is 5.10 Å². The Hall–Kier alpha value is -1.91. The van der Waals surface area contributed by atoms with E-state index in [0.29, 0.717) is 5.56 Å². The summed E-state index contributed by atoms with van der Waals surface area (Å²) in [4.78, 5) is 10.0. The van der Waals surface area contributed by atoms with Crippen molar-refractivity contribution in [2.45, 2.75) is 6.92 Å². The molecular formula is C8H9N3O2. The molecular weight excluding hydrogens is 170 g/mol. The van der Waals surface area contributed by atoms with E-state index in [1.165, 1.54) is 12.3 Å². The summed E-state index contributed by atoms with van der Waals surface area (Å²) in [6, 6.07) is 4.70. The second kappa shape index (κ2) is 3.66. The largest absolute Gasteiger partial charge is 0.323 e. The van der Waals surface area contributed by atoms with Crippen LogP contribution in [0.3, 0.4) is 0 Å². The van der Waals surface area contributed by atoms with Crippen LogP contribution >= 0.6 is 0 Å². The minimum Gasteiger partial charge on any atom is -0.323 e. The number of hydrogen-bond donors (Lipinski definition) is 1. The van der Waals surface area contributed by atoms with Gasteiger partial charge in [-0.05, 0) is 24.6 Å². The van der Waals surface area contributed by atoms with Gasteiger partial charge in [-0.1, -0.05) is 0 Å². The van der Waals surface area contributed by atoms with Crippen LogP contribution in [-0.4, -0.2) is 11.1 Å². The molecule has 0 aromatic heterocycles. The highest BCUT2D eigenvalue weighted by Gasteiger charge is 2.08. The molecule has 0 atom stereocenters. The van der Waals surface area contributed by atoms with Crippen LogP contribution in [0, 0.1) is 17.0 Å². The lowest BCUT2D eigenvalue weighted by Gasteiger charge is -1.97. The molecule has 1 rings (SSSR count). The zero-order chi connectivity index (χ0) is 9.84. The van der Waals surface area contributed by atoms with E-state index < -0.39 is 4.92 Å². The van der Waals surface area contributed by atoms with Gasteiger partial charge in [-0.2, -0.15) is 5.10 Å². The molecule has 0 amide bonds. The molecule has 0 saturated carbocycles. The molecule has 0 spiro atoms. The molecule has 5 heteroatoms. The number of aryl methyl sites for hydroxylation is 1. The van der Waals surface area contributed by atoms with Crippen LogP contribution in [0.15, 0.2) is 23.3 Å². The monoisotopic (exact) mass is 179 g/mol. The lowest BCUT2D eigenvalue weighted by molar-refractivity contribution is -0.385. The van der Waals surface area contributed by atoms with E-state index in [1.54, 1.807) is 19.1 Å². The SMILES string of the molecule is Cc1cc(C=NN)ccc1[N+](=O)[O-]. The van der Waals surface area contributed by atoms with E-state index in [0.717, 1.165) is 5.56 Å². The lowest BCUT2D eigenvalue weighted by Crippen LogP contribution is -1.93. The fourth-order valence-corrected chi connectivity index (χ4v) is 1.05.